The quantitative estimate of drug-likeness (QED) is 0.734. The van der Waals surface area contributed by atoms with Gasteiger partial charge in [0.25, 0.3) is 0 Å². The molecule has 0 saturated heterocycles. The number of rotatable bonds is 6. The number of ether oxygens (including phenoxy) is 1. The number of fused-ring (bicyclic) bond motifs is 1. The minimum absolute atomic E-state index is 0.223. The molecular weight excluding hydrogens is 274 g/mol. The smallest absolute Gasteiger partial charge is 0.0683 e. The predicted molar refractivity (Wildman–Crippen MR) is 88.6 cm³/mol. The van der Waals surface area contributed by atoms with Gasteiger partial charge in [0.2, 0.25) is 0 Å². The molecule has 0 bridgehead atoms. The van der Waals surface area contributed by atoms with Gasteiger partial charge in [0, 0.05) is 19.0 Å². The zero-order chi connectivity index (χ0) is 15.4. The van der Waals surface area contributed by atoms with Crippen molar-refractivity contribution in [2.75, 3.05) is 13.7 Å². The maximum atomic E-state index is 5.43. The summed E-state index contributed by atoms with van der Waals surface area (Å²) in [6, 6.07) is 16.8. The second kappa shape index (κ2) is 6.30. The summed E-state index contributed by atoms with van der Waals surface area (Å²) in [7, 11) is 1.74. The van der Waals surface area contributed by atoms with Crippen LogP contribution in [0, 0.1) is 0 Å². The van der Waals surface area contributed by atoms with E-state index in [9.17, 15) is 0 Å². The van der Waals surface area contributed by atoms with Gasteiger partial charge in [-0.3, -0.25) is 5.10 Å². The third-order valence-corrected chi connectivity index (χ3v) is 4.03. The molecule has 1 aromatic heterocycles. The van der Waals surface area contributed by atoms with Crippen LogP contribution in [-0.2, 0) is 16.8 Å². The van der Waals surface area contributed by atoms with Crippen molar-refractivity contribution >= 4 is 10.9 Å². The summed E-state index contributed by atoms with van der Waals surface area (Å²) in [5, 5.41) is 11.8. The van der Waals surface area contributed by atoms with Crippen LogP contribution < -0.4 is 5.32 Å². The van der Waals surface area contributed by atoms with Crippen molar-refractivity contribution in [3.05, 3.63) is 65.9 Å². The number of nitrogens with one attached hydrogen (secondary N) is 2. The topological polar surface area (TPSA) is 49.9 Å². The van der Waals surface area contributed by atoms with E-state index in [0.29, 0.717) is 6.61 Å². The molecule has 22 heavy (non-hydrogen) atoms. The van der Waals surface area contributed by atoms with Crippen LogP contribution in [0.3, 0.4) is 0 Å². The molecule has 0 aliphatic heterocycles. The summed E-state index contributed by atoms with van der Waals surface area (Å²) in [6.07, 6.45) is 1.84. The largest absolute Gasteiger partial charge is 0.382 e. The molecule has 0 aliphatic rings. The Morgan fingerprint density at radius 3 is 2.77 bits per heavy atom. The molecule has 0 saturated carbocycles. The average Bonchev–Trinajstić information content (AvgIpc) is 3.02. The van der Waals surface area contributed by atoms with Crippen molar-refractivity contribution < 1.29 is 4.74 Å². The number of aromatic amines is 1. The first-order valence-corrected chi connectivity index (χ1v) is 7.43. The number of methoxy groups -OCH3 is 1. The third-order valence-electron chi connectivity index (χ3n) is 4.03. The molecule has 1 heterocycles. The van der Waals surface area contributed by atoms with E-state index < -0.39 is 0 Å². The standard InChI is InChI=1S/C18H21N3O/c1-18(13-22-2,16-6-4-3-5-7-16)19-11-14-8-9-15-12-20-21-17(15)10-14/h3-10,12,19H,11,13H2,1-2H3,(H,20,21)/t18-/m0/s1. The van der Waals surface area contributed by atoms with Crippen LogP contribution in [0.25, 0.3) is 10.9 Å². The molecule has 0 radical (unpaired) electrons. The first kappa shape index (κ1) is 14.8. The molecule has 0 unspecified atom stereocenters. The highest BCUT2D eigenvalue weighted by molar-refractivity contribution is 5.78. The molecule has 0 spiro atoms. The number of nitrogens with zero attached hydrogens (tertiary/aromatic N) is 1. The Kier molecular flexibility index (Phi) is 4.22. The molecule has 0 fully saturated rings. The highest BCUT2D eigenvalue weighted by atomic mass is 16.5. The fourth-order valence-corrected chi connectivity index (χ4v) is 2.72. The van der Waals surface area contributed by atoms with Crippen LogP contribution in [0.4, 0.5) is 0 Å². The van der Waals surface area contributed by atoms with Crippen LogP contribution in [0.5, 0.6) is 0 Å². The minimum Gasteiger partial charge on any atom is -0.382 e. The summed E-state index contributed by atoms with van der Waals surface area (Å²) in [6.45, 7) is 3.55. The Hall–Kier alpha value is -2.17. The lowest BCUT2D eigenvalue weighted by molar-refractivity contribution is 0.117. The molecule has 1 atom stereocenters. The molecule has 114 valence electrons. The van der Waals surface area contributed by atoms with Crippen molar-refractivity contribution in [2.45, 2.75) is 19.0 Å². The monoisotopic (exact) mass is 295 g/mol. The normalized spacial score (nSPS) is 14.1. The van der Waals surface area contributed by atoms with Gasteiger partial charge in [-0.2, -0.15) is 5.10 Å². The number of aromatic nitrogens is 2. The number of benzene rings is 2. The first-order chi connectivity index (χ1) is 10.7. The fourth-order valence-electron chi connectivity index (χ4n) is 2.72. The highest BCUT2D eigenvalue weighted by Gasteiger charge is 2.25. The number of hydrogen-bond donors (Lipinski definition) is 2. The van der Waals surface area contributed by atoms with Crippen LogP contribution in [0.15, 0.2) is 54.7 Å². The molecule has 2 N–H and O–H groups in total. The minimum atomic E-state index is -0.223. The van der Waals surface area contributed by atoms with Crippen LogP contribution in [0.2, 0.25) is 0 Å². The summed E-state index contributed by atoms with van der Waals surface area (Å²) in [5.41, 5.74) is 3.28. The van der Waals surface area contributed by atoms with Gasteiger partial charge in [-0.1, -0.05) is 42.5 Å². The SMILES string of the molecule is COC[C@](C)(NCc1ccc2cn[nH]c2c1)c1ccccc1. The highest BCUT2D eigenvalue weighted by Crippen LogP contribution is 2.22. The van der Waals surface area contributed by atoms with E-state index in [-0.39, 0.29) is 5.54 Å². The second-order valence-corrected chi connectivity index (χ2v) is 5.78. The number of H-pyrrole nitrogens is 1. The van der Waals surface area contributed by atoms with Crippen molar-refractivity contribution in [1.29, 1.82) is 0 Å². The van der Waals surface area contributed by atoms with E-state index in [1.807, 2.05) is 12.3 Å². The van der Waals surface area contributed by atoms with Crippen molar-refractivity contribution in [3.63, 3.8) is 0 Å². The van der Waals surface area contributed by atoms with Gasteiger partial charge < -0.3 is 10.1 Å². The maximum absolute atomic E-state index is 5.43. The van der Waals surface area contributed by atoms with Crippen LogP contribution >= 0.6 is 0 Å². The molecule has 0 aliphatic carbocycles. The van der Waals surface area contributed by atoms with Gasteiger partial charge in [-0.15, -0.1) is 0 Å². The van der Waals surface area contributed by atoms with E-state index in [1.165, 1.54) is 11.1 Å². The van der Waals surface area contributed by atoms with Crippen molar-refractivity contribution in [1.82, 2.24) is 15.5 Å². The van der Waals surface area contributed by atoms with E-state index >= 15 is 0 Å². The summed E-state index contributed by atoms with van der Waals surface area (Å²) < 4.78 is 5.43. The zero-order valence-electron chi connectivity index (χ0n) is 13.0. The lowest BCUT2D eigenvalue weighted by atomic mass is 9.92. The van der Waals surface area contributed by atoms with Gasteiger partial charge in [-0.05, 0) is 24.1 Å². The van der Waals surface area contributed by atoms with E-state index in [0.717, 1.165) is 17.4 Å². The Labute approximate surface area is 130 Å². The molecule has 4 heteroatoms. The van der Waals surface area contributed by atoms with Crippen LogP contribution in [0.1, 0.15) is 18.1 Å². The molecule has 3 aromatic rings. The van der Waals surface area contributed by atoms with Gasteiger partial charge in [0.1, 0.15) is 0 Å². The Morgan fingerprint density at radius 2 is 2.00 bits per heavy atom. The lowest BCUT2D eigenvalue weighted by Gasteiger charge is -2.31. The Bertz CT molecular complexity index is 738. The second-order valence-electron chi connectivity index (χ2n) is 5.78. The molecule has 2 aromatic carbocycles. The first-order valence-electron chi connectivity index (χ1n) is 7.43. The third kappa shape index (κ3) is 3.03. The summed E-state index contributed by atoms with van der Waals surface area (Å²) in [5.74, 6) is 0. The zero-order valence-corrected chi connectivity index (χ0v) is 13.0. The molecule has 0 amide bonds. The molecule has 3 rings (SSSR count). The summed E-state index contributed by atoms with van der Waals surface area (Å²) in [4.78, 5) is 0. The Morgan fingerprint density at radius 1 is 1.18 bits per heavy atom. The van der Waals surface area contributed by atoms with Gasteiger partial charge in [0.15, 0.2) is 0 Å². The van der Waals surface area contributed by atoms with Gasteiger partial charge >= 0.3 is 0 Å². The van der Waals surface area contributed by atoms with E-state index in [2.05, 4.69) is 64.9 Å². The van der Waals surface area contributed by atoms with E-state index in [4.69, 9.17) is 4.74 Å². The fraction of sp³-hybridized carbons (Fsp3) is 0.278. The molecule has 4 nitrogen and oxygen atoms in total. The maximum Gasteiger partial charge on any atom is 0.0683 e. The van der Waals surface area contributed by atoms with Crippen molar-refractivity contribution in [2.24, 2.45) is 0 Å². The Balaban J connectivity index is 1.79. The van der Waals surface area contributed by atoms with Crippen LogP contribution in [-0.4, -0.2) is 23.9 Å². The lowest BCUT2D eigenvalue weighted by Crippen LogP contribution is -2.43. The predicted octanol–water partition coefficient (Wildman–Crippen LogP) is 3.21. The molecular formula is C18H21N3O. The average molecular weight is 295 g/mol. The van der Waals surface area contributed by atoms with Gasteiger partial charge in [-0.25, -0.2) is 0 Å². The van der Waals surface area contributed by atoms with Gasteiger partial charge in [0.05, 0.1) is 23.9 Å². The summed E-state index contributed by atoms with van der Waals surface area (Å²) >= 11 is 0. The van der Waals surface area contributed by atoms with Crippen molar-refractivity contribution in [3.8, 4) is 0 Å². The number of hydrogen-bond acceptors (Lipinski definition) is 3. The van der Waals surface area contributed by atoms with E-state index in [1.54, 1.807) is 7.11 Å².